The van der Waals surface area contributed by atoms with Gasteiger partial charge in [-0.15, -0.1) is 0 Å². The lowest BCUT2D eigenvalue weighted by molar-refractivity contribution is 0.102. The molecule has 0 radical (unpaired) electrons. The Morgan fingerprint density at radius 1 is 0.793 bits per heavy atom. The molecule has 2 rings (SSSR count). The van der Waals surface area contributed by atoms with Crippen molar-refractivity contribution in [3.8, 4) is 17.2 Å². The average molecular weight is 429 g/mol. The van der Waals surface area contributed by atoms with Crippen molar-refractivity contribution >= 4 is 27.3 Å². The highest BCUT2D eigenvalue weighted by atomic mass is 32.2. The number of phenolic OH excluding ortho intramolecular Hbond substituents is 3. The summed E-state index contributed by atoms with van der Waals surface area (Å²) in [5.74, 6) is -1.73. The quantitative estimate of drug-likeness (QED) is 0.455. The largest absolute Gasteiger partial charge is 0.506 e. The number of hydrogen-bond acceptors (Lipinski definition) is 6. The molecule has 0 spiro atoms. The minimum Gasteiger partial charge on any atom is -0.506 e. The molecule has 0 unspecified atom stereocenters. The summed E-state index contributed by atoms with van der Waals surface area (Å²) >= 11 is 0. The predicted octanol–water partition coefficient (Wildman–Crippen LogP) is 4.51. The van der Waals surface area contributed by atoms with E-state index in [1.165, 1.54) is 30.3 Å². The van der Waals surface area contributed by atoms with Crippen LogP contribution in [0.15, 0.2) is 36.4 Å². The SMILES string of the molecule is CC.CC.CC.CS(=O)(=O)Nc1ccc(NC(=O)c2ccc(O)c(O)c2)cc1O. The number of amides is 1. The Labute approximate surface area is 173 Å². The van der Waals surface area contributed by atoms with E-state index in [-0.39, 0.29) is 28.4 Å². The van der Waals surface area contributed by atoms with Gasteiger partial charge in [0.15, 0.2) is 11.5 Å². The first-order valence-corrected chi connectivity index (χ1v) is 11.2. The van der Waals surface area contributed by atoms with Crippen molar-refractivity contribution in [2.45, 2.75) is 41.5 Å². The maximum Gasteiger partial charge on any atom is 0.255 e. The van der Waals surface area contributed by atoms with Crippen LogP contribution in [-0.4, -0.2) is 35.9 Å². The smallest absolute Gasteiger partial charge is 0.255 e. The number of carbonyl (C=O) groups is 1. The molecule has 0 aliphatic rings. The van der Waals surface area contributed by atoms with Crippen molar-refractivity contribution in [3.63, 3.8) is 0 Å². The first-order valence-electron chi connectivity index (χ1n) is 9.30. The molecule has 0 aliphatic carbocycles. The second-order valence-corrected chi connectivity index (χ2v) is 6.51. The molecule has 0 saturated carbocycles. The maximum absolute atomic E-state index is 12.0. The van der Waals surface area contributed by atoms with Crippen molar-refractivity contribution in [1.29, 1.82) is 0 Å². The van der Waals surface area contributed by atoms with Crippen molar-refractivity contribution < 1.29 is 28.5 Å². The van der Waals surface area contributed by atoms with Crippen LogP contribution in [0.25, 0.3) is 0 Å². The number of benzene rings is 2. The molecule has 0 aromatic heterocycles. The van der Waals surface area contributed by atoms with Crippen LogP contribution in [0.3, 0.4) is 0 Å². The summed E-state index contributed by atoms with van der Waals surface area (Å²) in [5.41, 5.74) is 0.296. The van der Waals surface area contributed by atoms with Crippen LogP contribution in [0.1, 0.15) is 51.9 Å². The van der Waals surface area contributed by atoms with E-state index in [4.69, 9.17) is 0 Å². The molecule has 0 saturated heterocycles. The highest BCUT2D eigenvalue weighted by Gasteiger charge is 2.12. The van der Waals surface area contributed by atoms with E-state index in [0.29, 0.717) is 0 Å². The minimum atomic E-state index is -3.54. The van der Waals surface area contributed by atoms with Gasteiger partial charge in [-0.25, -0.2) is 8.42 Å². The van der Waals surface area contributed by atoms with E-state index in [2.05, 4.69) is 10.0 Å². The van der Waals surface area contributed by atoms with Gasteiger partial charge in [-0.2, -0.15) is 0 Å². The van der Waals surface area contributed by atoms with Gasteiger partial charge in [0, 0.05) is 17.3 Å². The van der Waals surface area contributed by atoms with Crippen molar-refractivity contribution in [3.05, 3.63) is 42.0 Å². The van der Waals surface area contributed by atoms with Crippen LogP contribution in [-0.2, 0) is 10.0 Å². The summed E-state index contributed by atoms with van der Waals surface area (Å²) < 4.78 is 24.4. The second kappa shape index (κ2) is 14.1. The van der Waals surface area contributed by atoms with E-state index in [1.807, 2.05) is 41.5 Å². The number of nitrogens with one attached hydrogen (secondary N) is 2. The van der Waals surface area contributed by atoms with E-state index < -0.39 is 21.7 Å². The number of carbonyl (C=O) groups excluding carboxylic acids is 1. The van der Waals surface area contributed by atoms with E-state index in [0.717, 1.165) is 12.3 Å². The summed E-state index contributed by atoms with van der Waals surface area (Å²) in [6.45, 7) is 12.0. The molecule has 29 heavy (non-hydrogen) atoms. The van der Waals surface area contributed by atoms with Crippen LogP contribution < -0.4 is 10.0 Å². The molecular formula is C20H32N2O6S. The summed E-state index contributed by atoms with van der Waals surface area (Å²) in [4.78, 5) is 12.0. The number of aromatic hydroxyl groups is 3. The molecule has 0 aliphatic heterocycles. The molecule has 0 bridgehead atoms. The standard InChI is InChI=1S/C14H14N2O6S.3C2H6/c1-23(21,22)16-10-4-3-9(7-12(10)18)15-14(20)8-2-5-11(17)13(19)6-8;3*1-2/h2-7,16-19H,1H3,(H,15,20);3*1-2H3. The van der Waals surface area contributed by atoms with Gasteiger partial charge >= 0.3 is 0 Å². The molecule has 8 nitrogen and oxygen atoms in total. The first-order chi connectivity index (χ1) is 13.7. The number of sulfonamides is 1. The Balaban J connectivity index is 0. The van der Waals surface area contributed by atoms with E-state index in [9.17, 15) is 28.5 Å². The van der Waals surface area contributed by atoms with Gasteiger partial charge in [-0.1, -0.05) is 41.5 Å². The molecule has 164 valence electrons. The Hall–Kier alpha value is -2.94. The van der Waals surface area contributed by atoms with E-state index in [1.54, 1.807) is 0 Å². The first kappa shape index (κ1) is 28.3. The Kier molecular flexibility index (Phi) is 13.8. The van der Waals surface area contributed by atoms with Crippen molar-refractivity contribution in [1.82, 2.24) is 0 Å². The zero-order valence-corrected chi connectivity index (χ0v) is 18.8. The molecule has 0 atom stereocenters. The molecule has 0 fully saturated rings. The minimum absolute atomic E-state index is 0.0206. The Morgan fingerprint density at radius 2 is 1.34 bits per heavy atom. The van der Waals surface area contributed by atoms with Crippen molar-refractivity contribution in [2.24, 2.45) is 0 Å². The third kappa shape index (κ3) is 10.2. The lowest BCUT2D eigenvalue weighted by atomic mass is 10.2. The highest BCUT2D eigenvalue weighted by molar-refractivity contribution is 7.92. The predicted molar refractivity (Wildman–Crippen MR) is 118 cm³/mol. The third-order valence-corrected chi connectivity index (χ3v) is 3.38. The fraction of sp³-hybridized carbons (Fsp3) is 0.350. The molecule has 9 heteroatoms. The molecule has 0 heterocycles. The zero-order valence-electron chi connectivity index (χ0n) is 17.9. The van der Waals surface area contributed by atoms with Gasteiger partial charge in [0.2, 0.25) is 10.0 Å². The molecule has 2 aromatic rings. The topological polar surface area (TPSA) is 136 Å². The third-order valence-electron chi connectivity index (χ3n) is 2.79. The van der Waals surface area contributed by atoms with Gasteiger partial charge in [0.25, 0.3) is 5.91 Å². The fourth-order valence-electron chi connectivity index (χ4n) is 1.76. The number of rotatable bonds is 4. The van der Waals surface area contributed by atoms with Gasteiger partial charge in [-0.05, 0) is 30.3 Å². The Bertz CT molecular complexity index is 867. The lowest BCUT2D eigenvalue weighted by Gasteiger charge is -2.10. The van der Waals surface area contributed by atoms with Crippen LogP contribution >= 0.6 is 0 Å². The molecule has 1 amide bonds. The van der Waals surface area contributed by atoms with Gasteiger partial charge < -0.3 is 20.6 Å². The lowest BCUT2D eigenvalue weighted by Crippen LogP contribution is -2.12. The van der Waals surface area contributed by atoms with Crippen LogP contribution in [0.5, 0.6) is 17.2 Å². The maximum atomic E-state index is 12.0. The summed E-state index contributed by atoms with van der Waals surface area (Å²) in [6.07, 6.45) is 0.944. The molecular weight excluding hydrogens is 396 g/mol. The van der Waals surface area contributed by atoms with Gasteiger partial charge in [-0.3, -0.25) is 9.52 Å². The van der Waals surface area contributed by atoms with Gasteiger partial charge in [0.1, 0.15) is 5.75 Å². The molecule has 5 N–H and O–H groups in total. The van der Waals surface area contributed by atoms with E-state index >= 15 is 0 Å². The van der Waals surface area contributed by atoms with Gasteiger partial charge in [0.05, 0.1) is 11.9 Å². The summed E-state index contributed by atoms with van der Waals surface area (Å²) in [7, 11) is -3.54. The van der Waals surface area contributed by atoms with Crippen LogP contribution in [0.4, 0.5) is 11.4 Å². The number of hydrogen-bond donors (Lipinski definition) is 5. The van der Waals surface area contributed by atoms with Crippen LogP contribution in [0.2, 0.25) is 0 Å². The molecule has 2 aromatic carbocycles. The monoisotopic (exact) mass is 428 g/mol. The Morgan fingerprint density at radius 3 is 1.79 bits per heavy atom. The zero-order chi connectivity index (χ0) is 23.2. The second-order valence-electron chi connectivity index (χ2n) is 4.76. The number of phenols is 3. The average Bonchev–Trinajstić information content (AvgIpc) is 2.70. The number of anilines is 2. The summed E-state index contributed by atoms with van der Waals surface area (Å²) in [6, 6.07) is 7.42. The highest BCUT2D eigenvalue weighted by Crippen LogP contribution is 2.28. The fourth-order valence-corrected chi connectivity index (χ4v) is 2.34. The normalized spacial score (nSPS) is 9.34. The summed E-state index contributed by atoms with van der Waals surface area (Å²) in [5, 5.41) is 30.8. The van der Waals surface area contributed by atoms with Crippen LogP contribution in [0, 0.1) is 0 Å². The van der Waals surface area contributed by atoms with Crippen molar-refractivity contribution in [2.75, 3.05) is 16.3 Å².